The van der Waals surface area contributed by atoms with Crippen molar-refractivity contribution in [3.8, 4) is 0 Å². The molecule has 0 aliphatic rings. The van der Waals surface area contributed by atoms with E-state index in [-0.39, 0.29) is 0 Å². The third-order valence-electron chi connectivity index (χ3n) is 3.37. The highest BCUT2D eigenvalue weighted by molar-refractivity contribution is 5.43. The summed E-state index contributed by atoms with van der Waals surface area (Å²) in [5.74, 6) is 0. The Bertz CT molecular complexity index is 424. The lowest BCUT2D eigenvalue weighted by molar-refractivity contribution is 0.714. The molecule has 1 nitrogen and oxygen atoms in total. The molecule has 0 spiro atoms. The molecule has 1 N–H and O–H groups in total. The first kappa shape index (κ1) is 16.6. The van der Waals surface area contributed by atoms with Crippen LogP contribution in [0.5, 0.6) is 0 Å². The van der Waals surface area contributed by atoms with Crippen molar-refractivity contribution in [1.82, 2.24) is 0 Å². The molecule has 1 unspecified atom stereocenters. The topological polar surface area (TPSA) is 12.0 Å². The van der Waals surface area contributed by atoms with Crippen LogP contribution in [0.1, 0.15) is 53.4 Å². The van der Waals surface area contributed by atoms with Crippen molar-refractivity contribution in [3.63, 3.8) is 0 Å². The second-order valence-electron chi connectivity index (χ2n) is 5.86. The van der Waals surface area contributed by atoms with Crippen molar-refractivity contribution >= 4 is 5.69 Å². The molecular formula is C19H29N. The van der Waals surface area contributed by atoms with Crippen molar-refractivity contribution < 1.29 is 0 Å². The Morgan fingerprint density at radius 2 is 1.75 bits per heavy atom. The van der Waals surface area contributed by atoms with Gasteiger partial charge >= 0.3 is 0 Å². The van der Waals surface area contributed by atoms with Crippen molar-refractivity contribution in [2.75, 3.05) is 5.32 Å². The molecule has 0 amide bonds. The normalized spacial score (nSPS) is 12.9. The molecule has 0 heterocycles. The maximum atomic E-state index is 3.53. The standard InChI is InChI=1S/C19H29N/c1-16(2)10-8-11-17(3)12-9-13-18(4)20-19-14-6-5-7-15-19/h5-7,10,12,14-15,18,20H,8-9,11,13H2,1-4H3/b17-12+. The molecule has 1 aromatic carbocycles. The van der Waals surface area contributed by atoms with Gasteiger partial charge in [0.25, 0.3) is 0 Å². The van der Waals surface area contributed by atoms with E-state index >= 15 is 0 Å². The summed E-state index contributed by atoms with van der Waals surface area (Å²) in [5, 5.41) is 3.53. The number of rotatable bonds is 8. The van der Waals surface area contributed by atoms with Gasteiger partial charge in [0.1, 0.15) is 0 Å². The zero-order chi connectivity index (χ0) is 14.8. The molecule has 0 aromatic heterocycles. The van der Waals surface area contributed by atoms with Crippen LogP contribution in [0.15, 0.2) is 53.6 Å². The number of allylic oxidation sites excluding steroid dienone is 4. The molecule has 1 heteroatoms. The van der Waals surface area contributed by atoms with Crippen molar-refractivity contribution in [1.29, 1.82) is 0 Å². The number of hydrogen-bond donors (Lipinski definition) is 1. The largest absolute Gasteiger partial charge is 0.383 e. The Morgan fingerprint density at radius 1 is 1.05 bits per heavy atom. The minimum Gasteiger partial charge on any atom is -0.383 e. The van der Waals surface area contributed by atoms with Crippen molar-refractivity contribution in [2.24, 2.45) is 0 Å². The average Bonchev–Trinajstić information content (AvgIpc) is 2.39. The van der Waals surface area contributed by atoms with Gasteiger partial charge in [-0.1, -0.05) is 41.5 Å². The lowest BCUT2D eigenvalue weighted by Crippen LogP contribution is -2.14. The lowest BCUT2D eigenvalue weighted by Gasteiger charge is -2.14. The van der Waals surface area contributed by atoms with Gasteiger partial charge in [0, 0.05) is 11.7 Å². The summed E-state index contributed by atoms with van der Waals surface area (Å²) in [7, 11) is 0. The summed E-state index contributed by atoms with van der Waals surface area (Å²) in [5.41, 5.74) is 4.14. The van der Waals surface area contributed by atoms with E-state index in [0.29, 0.717) is 6.04 Å². The van der Waals surface area contributed by atoms with E-state index in [1.807, 2.05) is 0 Å². The van der Waals surface area contributed by atoms with Crippen LogP contribution < -0.4 is 5.32 Å². The number of hydrogen-bond acceptors (Lipinski definition) is 1. The summed E-state index contributed by atoms with van der Waals surface area (Å²) in [4.78, 5) is 0. The van der Waals surface area contributed by atoms with Gasteiger partial charge in [-0.25, -0.2) is 0 Å². The van der Waals surface area contributed by atoms with Crippen molar-refractivity contribution in [2.45, 2.75) is 59.4 Å². The molecule has 0 aliphatic carbocycles. The van der Waals surface area contributed by atoms with E-state index < -0.39 is 0 Å². The highest BCUT2D eigenvalue weighted by Crippen LogP contribution is 2.12. The minimum atomic E-state index is 0.513. The predicted octanol–water partition coefficient (Wildman–Crippen LogP) is 5.96. The van der Waals surface area contributed by atoms with Gasteiger partial charge in [-0.05, 0) is 65.5 Å². The number of nitrogens with one attached hydrogen (secondary N) is 1. The fourth-order valence-corrected chi connectivity index (χ4v) is 2.16. The molecule has 0 aliphatic heterocycles. The number of benzene rings is 1. The van der Waals surface area contributed by atoms with E-state index in [1.54, 1.807) is 0 Å². The highest BCUT2D eigenvalue weighted by atomic mass is 14.9. The molecule has 1 rings (SSSR count). The highest BCUT2D eigenvalue weighted by Gasteiger charge is 2.00. The molecule has 1 aromatic rings. The van der Waals surface area contributed by atoms with E-state index in [4.69, 9.17) is 0 Å². The fourth-order valence-electron chi connectivity index (χ4n) is 2.16. The van der Waals surface area contributed by atoms with Gasteiger partial charge in [-0.3, -0.25) is 0 Å². The molecule has 0 fully saturated rings. The number of anilines is 1. The van der Waals surface area contributed by atoms with Crippen LogP contribution in [0.3, 0.4) is 0 Å². The molecule has 20 heavy (non-hydrogen) atoms. The zero-order valence-electron chi connectivity index (χ0n) is 13.4. The minimum absolute atomic E-state index is 0.513. The van der Waals surface area contributed by atoms with E-state index in [1.165, 1.54) is 36.1 Å². The van der Waals surface area contributed by atoms with Gasteiger partial charge in [-0.2, -0.15) is 0 Å². The maximum absolute atomic E-state index is 3.53. The van der Waals surface area contributed by atoms with Crippen molar-refractivity contribution in [3.05, 3.63) is 53.6 Å². The third-order valence-corrected chi connectivity index (χ3v) is 3.37. The number of para-hydroxylation sites is 1. The summed E-state index contributed by atoms with van der Waals surface area (Å²) >= 11 is 0. The molecular weight excluding hydrogens is 242 g/mol. The summed E-state index contributed by atoms with van der Waals surface area (Å²) in [6, 6.07) is 11.0. The Morgan fingerprint density at radius 3 is 2.40 bits per heavy atom. The SMILES string of the molecule is CC(C)=CCC/C(C)=C/CCC(C)Nc1ccccc1. The van der Waals surface area contributed by atoms with Gasteiger partial charge in [0.2, 0.25) is 0 Å². The molecule has 1 atom stereocenters. The smallest absolute Gasteiger partial charge is 0.0342 e. The Hall–Kier alpha value is -1.50. The fraction of sp³-hybridized carbons (Fsp3) is 0.474. The van der Waals surface area contributed by atoms with Gasteiger partial charge in [0.05, 0.1) is 0 Å². The average molecular weight is 271 g/mol. The van der Waals surface area contributed by atoms with E-state index in [9.17, 15) is 0 Å². The lowest BCUT2D eigenvalue weighted by atomic mass is 10.1. The second-order valence-corrected chi connectivity index (χ2v) is 5.86. The van der Waals surface area contributed by atoms with Crippen LogP contribution in [0, 0.1) is 0 Å². The quantitative estimate of drug-likeness (QED) is 0.575. The Labute approximate surface area is 124 Å². The Kier molecular flexibility index (Phi) is 7.79. The monoisotopic (exact) mass is 271 g/mol. The predicted molar refractivity (Wildman–Crippen MR) is 91.2 cm³/mol. The summed E-state index contributed by atoms with van der Waals surface area (Å²) < 4.78 is 0. The molecule has 110 valence electrons. The summed E-state index contributed by atoms with van der Waals surface area (Å²) in [6.07, 6.45) is 9.39. The van der Waals surface area contributed by atoms with E-state index in [0.717, 1.165) is 6.42 Å². The molecule has 0 bridgehead atoms. The van der Waals surface area contributed by atoms with Crippen LogP contribution in [-0.2, 0) is 0 Å². The van der Waals surface area contributed by atoms with E-state index in [2.05, 4.69) is 75.5 Å². The van der Waals surface area contributed by atoms with Gasteiger partial charge in [0.15, 0.2) is 0 Å². The Balaban J connectivity index is 2.23. The van der Waals surface area contributed by atoms with Gasteiger partial charge < -0.3 is 5.32 Å². The first-order valence-electron chi connectivity index (χ1n) is 7.68. The molecule has 0 radical (unpaired) electrons. The van der Waals surface area contributed by atoms with Crippen LogP contribution in [-0.4, -0.2) is 6.04 Å². The van der Waals surface area contributed by atoms with Crippen LogP contribution in [0.2, 0.25) is 0 Å². The summed E-state index contributed by atoms with van der Waals surface area (Å²) in [6.45, 7) is 8.82. The second kappa shape index (κ2) is 9.41. The van der Waals surface area contributed by atoms with Crippen LogP contribution in [0.4, 0.5) is 5.69 Å². The first-order valence-corrected chi connectivity index (χ1v) is 7.68. The van der Waals surface area contributed by atoms with Crippen LogP contribution in [0.25, 0.3) is 0 Å². The molecule has 0 saturated carbocycles. The zero-order valence-corrected chi connectivity index (χ0v) is 13.4. The first-order chi connectivity index (χ1) is 9.58. The molecule has 0 saturated heterocycles. The van der Waals surface area contributed by atoms with Crippen LogP contribution >= 0.6 is 0 Å². The third kappa shape index (κ3) is 7.83. The maximum Gasteiger partial charge on any atom is 0.0342 e. The van der Waals surface area contributed by atoms with Gasteiger partial charge in [-0.15, -0.1) is 0 Å².